The zero-order valence-electron chi connectivity index (χ0n) is 11.4. The second-order valence-electron chi connectivity index (χ2n) is 5.23. The minimum absolute atomic E-state index is 0. The monoisotopic (exact) mass is 315 g/mol. The lowest BCUT2D eigenvalue weighted by Crippen LogP contribution is -2.57. The van der Waals surface area contributed by atoms with Crippen molar-refractivity contribution in [3.8, 4) is 0 Å². The van der Waals surface area contributed by atoms with Crippen molar-refractivity contribution in [2.45, 2.75) is 38.0 Å². The van der Waals surface area contributed by atoms with E-state index < -0.39 is 12.2 Å². The summed E-state index contributed by atoms with van der Waals surface area (Å²) in [6.45, 7) is 3.38. The number of carbonyl (C=O) groups excluding carboxylic acids is 1. The van der Waals surface area contributed by atoms with Crippen LogP contribution in [0.4, 0.5) is 13.2 Å². The molecule has 0 aromatic heterocycles. The van der Waals surface area contributed by atoms with Gasteiger partial charge in [0.2, 0.25) is 5.91 Å². The third kappa shape index (κ3) is 3.99. The van der Waals surface area contributed by atoms with E-state index in [2.05, 4.69) is 5.32 Å². The van der Waals surface area contributed by atoms with E-state index in [0.29, 0.717) is 26.2 Å². The molecule has 4 nitrogen and oxygen atoms in total. The van der Waals surface area contributed by atoms with Crippen LogP contribution in [0.5, 0.6) is 0 Å². The molecule has 0 saturated carbocycles. The predicted octanol–water partition coefficient (Wildman–Crippen LogP) is 1.26. The van der Waals surface area contributed by atoms with Gasteiger partial charge >= 0.3 is 6.18 Å². The van der Waals surface area contributed by atoms with Crippen LogP contribution in [-0.4, -0.2) is 66.7 Å². The summed E-state index contributed by atoms with van der Waals surface area (Å²) in [5.41, 5.74) is 0. The Hall–Kier alpha value is -0.530. The summed E-state index contributed by atoms with van der Waals surface area (Å²) in [5.74, 6) is 0.0387. The number of piperazine rings is 1. The van der Waals surface area contributed by atoms with Gasteiger partial charge in [0.05, 0.1) is 6.04 Å². The molecule has 2 heterocycles. The number of halogens is 4. The largest absolute Gasteiger partial charge is 0.403 e. The second kappa shape index (κ2) is 6.95. The Bertz CT molecular complexity index is 326. The quantitative estimate of drug-likeness (QED) is 0.833. The molecule has 2 fully saturated rings. The molecule has 0 aromatic carbocycles. The fourth-order valence-electron chi connectivity index (χ4n) is 2.65. The van der Waals surface area contributed by atoms with E-state index in [-0.39, 0.29) is 24.4 Å². The van der Waals surface area contributed by atoms with Crippen molar-refractivity contribution in [2.75, 3.05) is 32.7 Å². The molecule has 2 aliphatic rings. The highest BCUT2D eigenvalue weighted by molar-refractivity contribution is 5.85. The lowest BCUT2D eigenvalue weighted by atomic mass is 10.1. The van der Waals surface area contributed by atoms with Gasteiger partial charge in [-0.2, -0.15) is 13.2 Å². The van der Waals surface area contributed by atoms with E-state index in [9.17, 15) is 18.0 Å². The Morgan fingerprint density at radius 3 is 2.30 bits per heavy atom. The van der Waals surface area contributed by atoms with Crippen LogP contribution in [0.15, 0.2) is 0 Å². The standard InChI is InChI=1S/C12H20F3N3O.ClH/c1-9(12(13,14)15)17-5-7-18(8-6-17)11(19)10-3-2-4-16-10;/h9-10,16H,2-8H2,1H3;1H/t9?,10-;/m0./s1. The topological polar surface area (TPSA) is 35.6 Å². The summed E-state index contributed by atoms with van der Waals surface area (Å²) in [6.07, 6.45) is -2.38. The van der Waals surface area contributed by atoms with Gasteiger partial charge in [-0.3, -0.25) is 9.69 Å². The Labute approximate surface area is 123 Å². The lowest BCUT2D eigenvalue weighted by molar-refractivity contribution is -0.183. The summed E-state index contributed by atoms with van der Waals surface area (Å²) >= 11 is 0. The van der Waals surface area contributed by atoms with Gasteiger partial charge in [-0.25, -0.2) is 0 Å². The van der Waals surface area contributed by atoms with Gasteiger partial charge in [-0.05, 0) is 26.3 Å². The fourth-order valence-corrected chi connectivity index (χ4v) is 2.65. The van der Waals surface area contributed by atoms with E-state index in [4.69, 9.17) is 0 Å². The number of nitrogens with one attached hydrogen (secondary N) is 1. The van der Waals surface area contributed by atoms with Crippen LogP contribution >= 0.6 is 12.4 Å². The average molecular weight is 316 g/mol. The number of amides is 1. The maximum Gasteiger partial charge on any atom is 0.403 e. The first-order valence-corrected chi connectivity index (χ1v) is 6.72. The SMILES string of the molecule is CC(N1CCN(C(=O)[C@@H]2CCCN2)CC1)C(F)(F)F.Cl. The number of carbonyl (C=O) groups is 1. The van der Waals surface area contributed by atoms with Crippen molar-refractivity contribution in [1.82, 2.24) is 15.1 Å². The first-order valence-electron chi connectivity index (χ1n) is 6.72. The van der Waals surface area contributed by atoms with E-state index in [1.54, 1.807) is 4.90 Å². The molecule has 2 rings (SSSR count). The fraction of sp³-hybridized carbons (Fsp3) is 0.917. The second-order valence-corrected chi connectivity index (χ2v) is 5.23. The molecule has 2 aliphatic heterocycles. The number of rotatable bonds is 2. The van der Waals surface area contributed by atoms with E-state index in [0.717, 1.165) is 19.4 Å². The number of hydrogen-bond donors (Lipinski definition) is 1. The Balaban J connectivity index is 0.00000200. The van der Waals surface area contributed by atoms with E-state index >= 15 is 0 Å². The van der Waals surface area contributed by atoms with Crippen molar-refractivity contribution in [3.05, 3.63) is 0 Å². The van der Waals surface area contributed by atoms with Crippen LogP contribution in [0, 0.1) is 0 Å². The molecular weight excluding hydrogens is 295 g/mol. The average Bonchev–Trinajstić information content (AvgIpc) is 2.90. The summed E-state index contributed by atoms with van der Waals surface area (Å²) in [4.78, 5) is 15.2. The van der Waals surface area contributed by atoms with Gasteiger partial charge in [0, 0.05) is 26.2 Å². The summed E-state index contributed by atoms with van der Waals surface area (Å²) in [5, 5.41) is 3.13. The Morgan fingerprint density at radius 2 is 1.85 bits per heavy atom. The molecule has 0 spiro atoms. The van der Waals surface area contributed by atoms with E-state index in [1.165, 1.54) is 11.8 Å². The van der Waals surface area contributed by atoms with Crippen molar-refractivity contribution in [1.29, 1.82) is 0 Å². The minimum atomic E-state index is -4.20. The molecule has 20 heavy (non-hydrogen) atoms. The highest BCUT2D eigenvalue weighted by Gasteiger charge is 2.41. The third-order valence-corrected chi connectivity index (χ3v) is 4.01. The highest BCUT2D eigenvalue weighted by atomic mass is 35.5. The molecule has 1 unspecified atom stereocenters. The van der Waals surface area contributed by atoms with E-state index in [1.807, 2.05) is 0 Å². The summed E-state index contributed by atoms with van der Waals surface area (Å²) in [6, 6.07) is -1.57. The predicted molar refractivity (Wildman–Crippen MR) is 71.9 cm³/mol. The molecule has 1 amide bonds. The van der Waals surface area contributed by atoms with Crippen LogP contribution in [0.3, 0.4) is 0 Å². The van der Waals surface area contributed by atoms with Crippen molar-refractivity contribution in [3.63, 3.8) is 0 Å². The van der Waals surface area contributed by atoms with Gasteiger partial charge in [0.1, 0.15) is 6.04 Å². The van der Waals surface area contributed by atoms with Crippen molar-refractivity contribution in [2.24, 2.45) is 0 Å². The lowest BCUT2D eigenvalue weighted by Gasteiger charge is -2.39. The van der Waals surface area contributed by atoms with Crippen LogP contribution in [-0.2, 0) is 4.79 Å². The van der Waals surface area contributed by atoms with Gasteiger partial charge in [-0.15, -0.1) is 12.4 Å². The molecule has 0 aromatic rings. The van der Waals surface area contributed by atoms with Gasteiger partial charge < -0.3 is 10.2 Å². The van der Waals surface area contributed by atoms with Crippen molar-refractivity contribution >= 4 is 18.3 Å². The van der Waals surface area contributed by atoms with Gasteiger partial charge in [-0.1, -0.05) is 0 Å². The summed E-state index contributed by atoms with van der Waals surface area (Å²) in [7, 11) is 0. The number of hydrogen-bond acceptors (Lipinski definition) is 3. The first kappa shape index (κ1) is 17.5. The molecule has 2 atom stereocenters. The van der Waals surface area contributed by atoms with Crippen LogP contribution < -0.4 is 5.32 Å². The Morgan fingerprint density at radius 1 is 1.25 bits per heavy atom. The van der Waals surface area contributed by atoms with Crippen molar-refractivity contribution < 1.29 is 18.0 Å². The van der Waals surface area contributed by atoms with Crippen LogP contribution in [0.25, 0.3) is 0 Å². The van der Waals surface area contributed by atoms with Gasteiger partial charge in [0.15, 0.2) is 0 Å². The number of nitrogens with zero attached hydrogens (tertiary/aromatic N) is 2. The highest BCUT2D eigenvalue weighted by Crippen LogP contribution is 2.25. The minimum Gasteiger partial charge on any atom is -0.339 e. The molecule has 0 aliphatic carbocycles. The molecule has 8 heteroatoms. The van der Waals surface area contributed by atoms with Gasteiger partial charge in [0.25, 0.3) is 0 Å². The smallest absolute Gasteiger partial charge is 0.339 e. The summed E-state index contributed by atoms with van der Waals surface area (Å²) < 4.78 is 37.8. The first-order chi connectivity index (χ1) is 8.89. The number of alkyl halides is 3. The third-order valence-electron chi connectivity index (χ3n) is 4.01. The molecular formula is C12H21ClF3N3O. The Kier molecular flexibility index (Phi) is 6.09. The van der Waals surface area contributed by atoms with Crippen LogP contribution in [0.1, 0.15) is 19.8 Å². The van der Waals surface area contributed by atoms with Crippen LogP contribution in [0.2, 0.25) is 0 Å². The molecule has 118 valence electrons. The maximum absolute atomic E-state index is 12.6. The molecule has 2 saturated heterocycles. The zero-order chi connectivity index (χ0) is 14.0. The molecule has 0 radical (unpaired) electrons. The normalized spacial score (nSPS) is 26.2. The molecule has 1 N–H and O–H groups in total. The molecule has 0 bridgehead atoms. The zero-order valence-corrected chi connectivity index (χ0v) is 12.3. The maximum atomic E-state index is 12.6.